The van der Waals surface area contributed by atoms with Crippen LogP contribution in [0.25, 0.3) is 0 Å². The minimum atomic E-state index is -0.488. The van der Waals surface area contributed by atoms with Crippen molar-refractivity contribution in [3.63, 3.8) is 0 Å². The molecule has 0 amide bonds. The second-order valence-corrected chi connectivity index (χ2v) is 5.34. The Morgan fingerprint density at radius 2 is 2.00 bits per heavy atom. The summed E-state index contributed by atoms with van der Waals surface area (Å²) in [4.78, 5) is 22.9. The first-order valence-corrected chi connectivity index (χ1v) is 7.11. The van der Waals surface area contributed by atoms with Gasteiger partial charge in [-0.05, 0) is 22.0 Å². The van der Waals surface area contributed by atoms with E-state index < -0.39 is 5.97 Å². The van der Waals surface area contributed by atoms with E-state index in [-0.39, 0.29) is 34.1 Å². The normalized spacial score (nSPS) is 10.5. The van der Waals surface area contributed by atoms with Crippen LogP contribution in [-0.2, 0) is 4.79 Å². The van der Waals surface area contributed by atoms with E-state index in [9.17, 15) is 14.7 Å². The van der Waals surface area contributed by atoms with Gasteiger partial charge in [-0.25, -0.2) is 0 Å². The molecule has 0 saturated carbocycles. The quantitative estimate of drug-likeness (QED) is 0.377. The summed E-state index contributed by atoms with van der Waals surface area (Å²) in [5, 5.41) is 9.82. The number of alkyl halides is 1. The van der Waals surface area contributed by atoms with Crippen LogP contribution in [0.15, 0.2) is 16.6 Å². The van der Waals surface area contributed by atoms with Crippen LogP contribution in [0.1, 0.15) is 24.2 Å². The molecule has 0 aliphatic heterocycles. The largest absolute Gasteiger partial charge is 0.507 e. The van der Waals surface area contributed by atoms with Crippen LogP contribution in [0.5, 0.6) is 11.5 Å². The fourth-order valence-electron chi connectivity index (χ4n) is 1.28. The van der Waals surface area contributed by atoms with E-state index in [1.807, 2.05) is 0 Å². The van der Waals surface area contributed by atoms with Crippen LogP contribution in [0.3, 0.4) is 0 Å². The van der Waals surface area contributed by atoms with E-state index in [0.717, 1.165) is 0 Å². The molecule has 0 atom stereocenters. The maximum absolute atomic E-state index is 11.8. The number of phenolic OH excluding ortho intramolecular Hbond substituents is 1. The molecule has 1 aromatic rings. The predicted molar refractivity (Wildman–Crippen MR) is 74.4 cm³/mol. The number of aromatic hydroxyl groups is 1. The summed E-state index contributed by atoms with van der Waals surface area (Å²) in [5.74, 6) is -0.908. The van der Waals surface area contributed by atoms with Crippen LogP contribution in [0.4, 0.5) is 0 Å². The number of Topliss-reactive ketones (excluding diaryl/α,β-unsaturated/α-hetero) is 1. The minimum Gasteiger partial charge on any atom is -0.507 e. The molecule has 98 valence electrons. The summed E-state index contributed by atoms with van der Waals surface area (Å²) < 4.78 is 5.41. The number of ketones is 1. The Morgan fingerprint density at radius 1 is 1.39 bits per heavy atom. The summed E-state index contributed by atoms with van der Waals surface area (Å²) >= 11 is 6.17. The molecule has 0 heterocycles. The number of hydrogen-bond donors (Lipinski definition) is 1. The zero-order valence-corrected chi connectivity index (χ0v) is 13.0. The number of benzene rings is 1. The fraction of sp³-hybridized carbons (Fsp3) is 0.333. The smallest absolute Gasteiger partial charge is 0.321 e. The lowest BCUT2D eigenvalue weighted by molar-refractivity contribution is -0.131. The molecule has 6 heteroatoms. The molecule has 0 fully saturated rings. The van der Waals surface area contributed by atoms with Crippen LogP contribution in [0, 0.1) is 5.92 Å². The van der Waals surface area contributed by atoms with Crippen molar-refractivity contribution >= 4 is 43.6 Å². The molecule has 1 rings (SSSR count). The van der Waals surface area contributed by atoms with E-state index in [1.54, 1.807) is 13.8 Å². The summed E-state index contributed by atoms with van der Waals surface area (Å²) in [6, 6.07) is 2.70. The monoisotopic (exact) mass is 378 g/mol. The molecule has 0 aromatic heterocycles. The molecular weight excluding hydrogens is 368 g/mol. The van der Waals surface area contributed by atoms with E-state index in [1.165, 1.54) is 12.1 Å². The summed E-state index contributed by atoms with van der Waals surface area (Å²) in [7, 11) is 0. The van der Waals surface area contributed by atoms with Gasteiger partial charge in [-0.3, -0.25) is 9.59 Å². The predicted octanol–water partition coefficient (Wildman–Crippen LogP) is 3.29. The molecule has 0 radical (unpaired) electrons. The Hall–Kier alpha value is -0.880. The van der Waals surface area contributed by atoms with Crippen molar-refractivity contribution in [2.24, 2.45) is 5.92 Å². The summed E-state index contributed by atoms with van der Waals surface area (Å²) in [6.45, 7) is 3.49. The van der Waals surface area contributed by atoms with Crippen molar-refractivity contribution < 1.29 is 19.4 Å². The molecule has 0 unspecified atom stereocenters. The Balaban J connectivity index is 3.12. The molecule has 0 bridgehead atoms. The molecule has 0 aliphatic carbocycles. The van der Waals surface area contributed by atoms with Crippen molar-refractivity contribution in [1.82, 2.24) is 0 Å². The van der Waals surface area contributed by atoms with Crippen molar-refractivity contribution in [3.05, 3.63) is 22.2 Å². The van der Waals surface area contributed by atoms with Crippen LogP contribution in [-0.4, -0.2) is 22.2 Å². The van der Waals surface area contributed by atoms with Crippen molar-refractivity contribution in [2.75, 3.05) is 5.33 Å². The van der Waals surface area contributed by atoms with E-state index in [2.05, 4.69) is 31.9 Å². The summed E-state index contributed by atoms with van der Waals surface area (Å²) in [5.41, 5.74) is 0.204. The van der Waals surface area contributed by atoms with Gasteiger partial charge in [0.2, 0.25) is 0 Å². The maximum atomic E-state index is 11.8. The van der Waals surface area contributed by atoms with Gasteiger partial charge in [-0.2, -0.15) is 0 Å². The minimum absolute atomic E-state index is 0.0485. The topological polar surface area (TPSA) is 63.6 Å². The third-order valence-electron chi connectivity index (χ3n) is 2.17. The number of carbonyl (C=O) groups is 2. The first kappa shape index (κ1) is 15.2. The highest BCUT2D eigenvalue weighted by atomic mass is 79.9. The Labute approximate surface area is 122 Å². The molecule has 0 aliphatic rings. The first-order chi connectivity index (χ1) is 8.36. The van der Waals surface area contributed by atoms with Gasteiger partial charge in [0.25, 0.3) is 0 Å². The number of phenols is 1. The van der Waals surface area contributed by atoms with Gasteiger partial charge in [0, 0.05) is 12.0 Å². The lowest BCUT2D eigenvalue weighted by Crippen LogP contribution is -2.11. The van der Waals surface area contributed by atoms with Crippen molar-refractivity contribution in [2.45, 2.75) is 13.8 Å². The highest BCUT2D eigenvalue weighted by molar-refractivity contribution is 9.10. The highest BCUT2D eigenvalue weighted by Crippen LogP contribution is 2.33. The molecule has 0 spiro atoms. The summed E-state index contributed by atoms with van der Waals surface area (Å²) in [6.07, 6.45) is 0. The van der Waals surface area contributed by atoms with Crippen LogP contribution >= 0.6 is 31.9 Å². The second-order valence-electron chi connectivity index (χ2n) is 3.93. The average Bonchev–Trinajstić information content (AvgIpc) is 2.32. The Morgan fingerprint density at radius 3 is 2.50 bits per heavy atom. The number of hydrogen-bond acceptors (Lipinski definition) is 4. The lowest BCUT2D eigenvalue weighted by Gasteiger charge is -2.10. The number of halogens is 2. The van der Waals surface area contributed by atoms with Crippen LogP contribution in [0.2, 0.25) is 0 Å². The molecule has 1 N–H and O–H groups in total. The third kappa shape index (κ3) is 3.55. The second kappa shape index (κ2) is 6.33. The first-order valence-electron chi connectivity index (χ1n) is 5.20. The Bertz CT molecular complexity index is 483. The van der Waals surface area contributed by atoms with Gasteiger partial charge in [-0.15, -0.1) is 0 Å². The SMILES string of the molecule is CC(C)C(=O)c1cc(Br)c(OC(=O)CBr)cc1O. The zero-order chi connectivity index (χ0) is 13.9. The van der Waals surface area contributed by atoms with Crippen LogP contribution < -0.4 is 4.74 Å². The zero-order valence-electron chi connectivity index (χ0n) is 9.87. The van der Waals surface area contributed by atoms with Crippen molar-refractivity contribution in [3.8, 4) is 11.5 Å². The Kier molecular flexibility index (Phi) is 5.34. The number of rotatable bonds is 4. The molecule has 0 saturated heterocycles. The van der Waals surface area contributed by atoms with Gasteiger partial charge in [0.15, 0.2) is 5.78 Å². The fourth-order valence-corrected chi connectivity index (χ4v) is 1.82. The molecule has 4 nitrogen and oxygen atoms in total. The number of esters is 1. The van der Waals surface area contributed by atoms with Crippen molar-refractivity contribution in [1.29, 1.82) is 0 Å². The van der Waals surface area contributed by atoms with Gasteiger partial charge in [-0.1, -0.05) is 29.8 Å². The number of carbonyl (C=O) groups excluding carboxylic acids is 2. The maximum Gasteiger partial charge on any atom is 0.321 e. The number of ether oxygens (including phenoxy) is 1. The van der Waals surface area contributed by atoms with E-state index >= 15 is 0 Å². The average molecular weight is 380 g/mol. The van der Waals surface area contributed by atoms with E-state index in [4.69, 9.17) is 4.74 Å². The van der Waals surface area contributed by atoms with E-state index in [0.29, 0.717) is 4.47 Å². The lowest BCUT2D eigenvalue weighted by atomic mass is 10.0. The third-order valence-corrected chi connectivity index (χ3v) is 3.25. The molecule has 1 aromatic carbocycles. The molecular formula is C12H12Br2O4. The van der Waals surface area contributed by atoms with Gasteiger partial charge >= 0.3 is 5.97 Å². The van der Waals surface area contributed by atoms with Gasteiger partial charge in [0.1, 0.15) is 16.8 Å². The van der Waals surface area contributed by atoms with Gasteiger partial charge in [0.05, 0.1) is 10.0 Å². The molecule has 18 heavy (non-hydrogen) atoms. The standard InChI is InChI=1S/C12H12Br2O4/c1-6(2)12(17)7-3-8(14)10(4-9(7)15)18-11(16)5-13/h3-4,6,15H,5H2,1-2H3. The van der Waals surface area contributed by atoms with Gasteiger partial charge < -0.3 is 9.84 Å². The highest BCUT2D eigenvalue weighted by Gasteiger charge is 2.18.